The van der Waals surface area contributed by atoms with Crippen molar-refractivity contribution in [1.82, 2.24) is 16.2 Å². The highest BCUT2D eigenvalue weighted by Crippen LogP contribution is 2.29. The highest BCUT2D eigenvalue weighted by Gasteiger charge is 2.27. The molecule has 0 aromatic heterocycles. The molecule has 7 heteroatoms. The van der Waals surface area contributed by atoms with Crippen molar-refractivity contribution in [2.45, 2.75) is 37.6 Å². The van der Waals surface area contributed by atoms with E-state index in [4.69, 9.17) is 9.47 Å². The molecule has 24 heavy (non-hydrogen) atoms. The summed E-state index contributed by atoms with van der Waals surface area (Å²) >= 11 is 1.64. The second-order valence-corrected chi connectivity index (χ2v) is 6.80. The molecule has 0 aliphatic carbocycles. The topological polar surface area (TPSA) is 66.9 Å². The Kier molecular flexibility index (Phi) is 6.37. The Morgan fingerprint density at radius 1 is 1.42 bits per heavy atom. The number of aliphatic imine (C=N–C) groups is 1. The number of thioether (sulfide) groups is 1. The molecule has 2 heterocycles. The van der Waals surface area contributed by atoms with E-state index in [0.717, 1.165) is 43.3 Å². The largest absolute Gasteiger partial charge is 0.496 e. The predicted octanol–water partition coefficient (Wildman–Crippen LogP) is 2.05. The number of nitrogens with one attached hydrogen (secondary N) is 3. The molecule has 3 atom stereocenters. The van der Waals surface area contributed by atoms with Crippen molar-refractivity contribution < 1.29 is 9.47 Å². The molecule has 0 bridgehead atoms. The maximum absolute atomic E-state index is 5.63. The van der Waals surface area contributed by atoms with E-state index in [1.807, 2.05) is 24.5 Å². The lowest BCUT2D eigenvalue weighted by molar-refractivity contribution is 0.118. The Morgan fingerprint density at radius 3 is 3.04 bits per heavy atom. The lowest BCUT2D eigenvalue weighted by atomic mass is 10.0. The fraction of sp³-hybridized carbons (Fsp3) is 0.588. The first-order chi connectivity index (χ1) is 11.8. The first-order valence-electron chi connectivity index (χ1n) is 8.40. The number of benzene rings is 1. The standard InChI is InChI=1S/C17H26N4O2S/c1-22-15-8-4-3-7-13(15)14-10-16(21-20-14)19-17(24-2)18-11-12-6-5-9-23-12/h3-4,7-8,12,14,16,20-21H,5-6,9-11H2,1-2H3,(H,18,19). The molecule has 132 valence electrons. The Morgan fingerprint density at radius 2 is 2.29 bits per heavy atom. The van der Waals surface area contributed by atoms with Gasteiger partial charge in [-0.15, -0.1) is 0 Å². The number of amidine groups is 1. The second kappa shape index (κ2) is 8.71. The number of ether oxygens (including phenoxy) is 2. The van der Waals surface area contributed by atoms with Crippen LogP contribution >= 0.6 is 11.8 Å². The summed E-state index contributed by atoms with van der Waals surface area (Å²) in [5, 5.41) is 4.42. The number of hydrogen-bond donors (Lipinski definition) is 3. The van der Waals surface area contributed by atoms with Crippen molar-refractivity contribution in [3.8, 4) is 5.75 Å². The summed E-state index contributed by atoms with van der Waals surface area (Å²) in [5.74, 6) is 0.912. The van der Waals surface area contributed by atoms with E-state index in [-0.39, 0.29) is 18.3 Å². The summed E-state index contributed by atoms with van der Waals surface area (Å²) in [6.45, 7) is 1.61. The molecule has 6 nitrogen and oxygen atoms in total. The minimum atomic E-state index is 0.135. The molecule has 0 saturated carbocycles. The summed E-state index contributed by atoms with van der Waals surface area (Å²) in [5.41, 5.74) is 7.82. The van der Waals surface area contributed by atoms with Crippen molar-refractivity contribution in [1.29, 1.82) is 0 Å². The highest BCUT2D eigenvalue weighted by atomic mass is 32.2. The molecule has 1 aromatic carbocycles. The van der Waals surface area contributed by atoms with Gasteiger partial charge in [-0.2, -0.15) is 0 Å². The zero-order chi connectivity index (χ0) is 16.8. The first-order valence-corrected chi connectivity index (χ1v) is 9.63. The van der Waals surface area contributed by atoms with E-state index in [0.29, 0.717) is 0 Å². The molecule has 0 radical (unpaired) electrons. The van der Waals surface area contributed by atoms with Crippen molar-refractivity contribution in [2.75, 3.05) is 26.5 Å². The molecule has 2 aliphatic rings. The van der Waals surface area contributed by atoms with Crippen LogP contribution in [0.1, 0.15) is 30.9 Å². The van der Waals surface area contributed by atoms with Crippen LogP contribution in [-0.2, 0) is 4.74 Å². The summed E-state index contributed by atoms with van der Waals surface area (Å²) in [4.78, 5) is 4.67. The van der Waals surface area contributed by atoms with Crippen LogP contribution in [0.2, 0.25) is 0 Å². The zero-order valence-electron chi connectivity index (χ0n) is 14.2. The molecule has 0 spiro atoms. The van der Waals surface area contributed by atoms with Gasteiger partial charge in [0.2, 0.25) is 0 Å². The Bertz CT molecular complexity index is 563. The summed E-state index contributed by atoms with van der Waals surface area (Å²) in [6, 6.07) is 8.33. The molecule has 2 saturated heterocycles. The summed E-state index contributed by atoms with van der Waals surface area (Å²) < 4.78 is 11.1. The highest BCUT2D eigenvalue weighted by molar-refractivity contribution is 8.13. The number of methoxy groups -OCH3 is 1. The molecule has 3 unspecified atom stereocenters. The number of hydrogen-bond acceptors (Lipinski definition) is 6. The van der Waals surface area contributed by atoms with Gasteiger partial charge in [-0.25, -0.2) is 10.9 Å². The zero-order valence-corrected chi connectivity index (χ0v) is 15.1. The van der Waals surface area contributed by atoms with E-state index in [9.17, 15) is 0 Å². The van der Waals surface area contributed by atoms with Crippen LogP contribution in [-0.4, -0.2) is 44.0 Å². The molecule has 2 fully saturated rings. The third-order valence-electron chi connectivity index (χ3n) is 4.37. The molecular formula is C17H26N4O2S. The van der Waals surface area contributed by atoms with Crippen LogP contribution in [0, 0.1) is 0 Å². The fourth-order valence-electron chi connectivity index (χ4n) is 3.10. The fourth-order valence-corrected chi connectivity index (χ4v) is 3.56. The van der Waals surface area contributed by atoms with E-state index in [1.54, 1.807) is 18.9 Å². The van der Waals surface area contributed by atoms with Crippen molar-refractivity contribution in [3.05, 3.63) is 29.8 Å². The van der Waals surface area contributed by atoms with Gasteiger partial charge in [0.25, 0.3) is 0 Å². The summed E-state index contributed by atoms with van der Waals surface area (Å²) in [7, 11) is 1.71. The lowest BCUT2D eigenvalue weighted by Gasteiger charge is -2.16. The third kappa shape index (κ3) is 4.42. The van der Waals surface area contributed by atoms with Crippen LogP contribution in [0.5, 0.6) is 5.75 Å². The molecular weight excluding hydrogens is 324 g/mol. The number of hydrazine groups is 1. The molecule has 1 aromatic rings. The van der Waals surface area contributed by atoms with E-state index in [1.165, 1.54) is 5.56 Å². The normalized spacial score (nSPS) is 27.4. The van der Waals surface area contributed by atoms with Gasteiger partial charge < -0.3 is 14.8 Å². The lowest BCUT2D eigenvalue weighted by Crippen LogP contribution is -2.43. The average molecular weight is 350 g/mol. The van der Waals surface area contributed by atoms with E-state index in [2.05, 4.69) is 27.2 Å². The molecule has 2 aliphatic heterocycles. The van der Waals surface area contributed by atoms with Gasteiger partial charge in [-0.05, 0) is 25.2 Å². The van der Waals surface area contributed by atoms with Crippen molar-refractivity contribution >= 4 is 16.9 Å². The maximum Gasteiger partial charge on any atom is 0.157 e. The average Bonchev–Trinajstić information content (AvgIpc) is 3.30. The SMILES string of the molecule is COc1ccccc1C1CC(NC(=NCC2CCCO2)SC)NN1. The smallest absolute Gasteiger partial charge is 0.157 e. The van der Waals surface area contributed by atoms with Crippen LogP contribution in [0.25, 0.3) is 0 Å². The minimum Gasteiger partial charge on any atom is -0.496 e. The maximum atomic E-state index is 5.63. The van der Waals surface area contributed by atoms with Gasteiger partial charge in [-0.1, -0.05) is 30.0 Å². The monoisotopic (exact) mass is 350 g/mol. The number of nitrogens with zero attached hydrogens (tertiary/aromatic N) is 1. The molecule has 3 N–H and O–H groups in total. The van der Waals surface area contributed by atoms with Crippen LogP contribution < -0.4 is 20.9 Å². The van der Waals surface area contributed by atoms with Gasteiger partial charge in [0.1, 0.15) is 5.75 Å². The van der Waals surface area contributed by atoms with Crippen molar-refractivity contribution in [2.24, 2.45) is 4.99 Å². The van der Waals surface area contributed by atoms with Crippen LogP contribution in [0.15, 0.2) is 29.3 Å². The van der Waals surface area contributed by atoms with Crippen LogP contribution in [0.4, 0.5) is 0 Å². The molecule has 3 rings (SSSR count). The second-order valence-electron chi connectivity index (χ2n) is 6.00. The van der Waals surface area contributed by atoms with E-state index < -0.39 is 0 Å². The third-order valence-corrected chi connectivity index (χ3v) is 5.00. The number of para-hydroxylation sites is 1. The molecule has 0 amide bonds. The minimum absolute atomic E-state index is 0.135. The van der Waals surface area contributed by atoms with Gasteiger partial charge in [0.15, 0.2) is 5.17 Å². The first kappa shape index (κ1) is 17.5. The van der Waals surface area contributed by atoms with Crippen molar-refractivity contribution in [3.63, 3.8) is 0 Å². The van der Waals surface area contributed by atoms with Gasteiger partial charge >= 0.3 is 0 Å². The van der Waals surface area contributed by atoms with Gasteiger partial charge in [0, 0.05) is 18.6 Å². The van der Waals surface area contributed by atoms with Gasteiger partial charge in [0.05, 0.1) is 32.0 Å². The Labute approximate surface area is 147 Å². The quantitative estimate of drug-likeness (QED) is 0.558. The Balaban J connectivity index is 1.55. The number of rotatable bonds is 5. The predicted molar refractivity (Wildman–Crippen MR) is 98.3 cm³/mol. The van der Waals surface area contributed by atoms with E-state index >= 15 is 0 Å². The van der Waals surface area contributed by atoms with Crippen LogP contribution in [0.3, 0.4) is 0 Å². The van der Waals surface area contributed by atoms with Gasteiger partial charge in [-0.3, -0.25) is 4.99 Å². The Hall–Kier alpha value is -1.28. The summed E-state index contributed by atoms with van der Waals surface area (Å²) in [6.07, 6.45) is 5.64.